The van der Waals surface area contributed by atoms with E-state index < -0.39 is 29.1 Å². The summed E-state index contributed by atoms with van der Waals surface area (Å²) in [5.41, 5.74) is 0.380. The Balaban J connectivity index is 1.55. The van der Waals surface area contributed by atoms with Crippen molar-refractivity contribution in [3.8, 4) is 0 Å². The minimum absolute atomic E-state index is 0.0425. The summed E-state index contributed by atoms with van der Waals surface area (Å²) in [6.45, 7) is 3.23. The molecule has 1 saturated heterocycles. The summed E-state index contributed by atoms with van der Waals surface area (Å²) in [4.78, 5) is 15.0. The van der Waals surface area contributed by atoms with Crippen molar-refractivity contribution in [2.45, 2.75) is 43.2 Å². The number of nitrogens with zero attached hydrogens (tertiary/aromatic N) is 1. The molecule has 0 aromatic heterocycles. The van der Waals surface area contributed by atoms with Gasteiger partial charge in [-0.15, -0.1) is 0 Å². The van der Waals surface area contributed by atoms with Crippen LogP contribution in [0.25, 0.3) is 0 Å². The number of halogens is 2. The average Bonchev–Trinajstić information content (AvgIpc) is 3.00. The Morgan fingerprint density at radius 2 is 1.81 bits per heavy atom. The largest absolute Gasteiger partial charge is 0.391 e. The minimum atomic E-state index is -0.749. The summed E-state index contributed by atoms with van der Waals surface area (Å²) in [6.07, 6.45) is 2.36. The van der Waals surface area contributed by atoms with Gasteiger partial charge in [-0.1, -0.05) is 30.3 Å². The second-order valence-corrected chi connectivity index (χ2v) is 8.81. The number of aliphatic hydroxyl groups excluding tert-OH is 1. The number of amides is 1. The summed E-state index contributed by atoms with van der Waals surface area (Å²) in [7, 11) is 0. The monoisotopic (exact) mass is 444 g/mol. The number of carbonyl (C=O) groups excluding carboxylic acids is 1. The molecular weight excluding hydrogens is 414 g/mol. The number of hydrogen-bond donors (Lipinski definition) is 2. The number of morpholine rings is 1. The predicted molar refractivity (Wildman–Crippen MR) is 117 cm³/mol. The molecule has 2 aromatic rings. The smallest absolute Gasteiger partial charge is 0.254 e. The average molecular weight is 445 g/mol. The van der Waals surface area contributed by atoms with Crippen LogP contribution in [0.1, 0.15) is 41.6 Å². The standard InChI is InChI=1S/C25H30F2N2O3/c26-19-6-7-21(27)20(16-19)24(31)28-17-25(18-4-2-1-3-5-18)10-8-22(23(30)9-11-25)29-12-14-32-15-13-29/h1-7,16,22-23,30H,8-15,17H2,(H,28,31)/t22-,23-,25-/m1/s1. The number of aliphatic hydroxyl groups is 1. The number of hydrogen-bond acceptors (Lipinski definition) is 4. The molecule has 7 heteroatoms. The quantitative estimate of drug-likeness (QED) is 0.695. The molecule has 0 bridgehead atoms. The predicted octanol–water partition coefficient (Wildman–Crippen LogP) is 3.27. The van der Waals surface area contributed by atoms with Crippen LogP contribution in [0.4, 0.5) is 8.78 Å². The van der Waals surface area contributed by atoms with Gasteiger partial charge in [0.2, 0.25) is 0 Å². The molecule has 1 amide bonds. The van der Waals surface area contributed by atoms with Gasteiger partial charge in [0.1, 0.15) is 11.6 Å². The molecule has 1 aliphatic heterocycles. The fourth-order valence-corrected chi connectivity index (χ4v) is 5.07. The maximum absolute atomic E-state index is 14.1. The van der Waals surface area contributed by atoms with E-state index in [-0.39, 0.29) is 18.2 Å². The number of benzene rings is 2. The molecule has 32 heavy (non-hydrogen) atoms. The van der Waals surface area contributed by atoms with Gasteiger partial charge in [0, 0.05) is 31.1 Å². The van der Waals surface area contributed by atoms with E-state index in [1.165, 1.54) is 0 Å². The Kier molecular flexibility index (Phi) is 7.18. The lowest BCUT2D eigenvalue weighted by Crippen LogP contribution is -2.48. The third-order valence-corrected chi connectivity index (χ3v) is 6.94. The number of nitrogens with one attached hydrogen (secondary N) is 1. The zero-order valence-corrected chi connectivity index (χ0v) is 18.1. The van der Waals surface area contributed by atoms with Gasteiger partial charge in [0.15, 0.2) is 0 Å². The van der Waals surface area contributed by atoms with E-state index in [0.29, 0.717) is 26.1 Å². The van der Waals surface area contributed by atoms with Crippen LogP contribution in [0, 0.1) is 11.6 Å². The Hall–Kier alpha value is -2.35. The van der Waals surface area contributed by atoms with Crippen molar-refractivity contribution in [3.63, 3.8) is 0 Å². The van der Waals surface area contributed by atoms with Gasteiger partial charge in [0.25, 0.3) is 5.91 Å². The second kappa shape index (κ2) is 10.1. The second-order valence-electron chi connectivity index (χ2n) is 8.81. The summed E-state index contributed by atoms with van der Waals surface area (Å²) in [5, 5.41) is 13.8. The Bertz CT molecular complexity index is 921. The highest BCUT2D eigenvalue weighted by molar-refractivity contribution is 5.94. The molecule has 1 saturated carbocycles. The topological polar surface area (TPSA) is 61.8 Å². The molecule has 0 unspecified atom stereocenters. The molecule has 5 nitrogen and oxygen atoms in total. The number of carbonyl (C=O) groups is 1. The molecule has 0 spiro atoms. The van der Waals surface area contributed by atoms with Gasteiger partial charge in [-0.25, -0.2) is 8.78 Å². The molecule has 2 aromatic carbocycles. The number of rotatable bonds is 5. The van der Waals surface area contributed by atoms with Gasteiger partial charge in [-0.3, -0.25) is 9.69 Å². The normalized spacial score (nSPS) is 27.0. The maximum atomic E-state index is 14.1. The van der Waals surface area contributed by atoms with Crippen molar-refractivity contribution >= 4 is 5.91 Å². The van der Waals surface area contributed by atoms with E-state index >= 15 is 0 Å². The first-order chi connectivity index (χ1) is 15.5. The van der Waals surface area contributed by atoms with Gasteiger partial charge in [0.05, 0.1) is 24.9 Å². The highest BCUT2D eigenvalue weighted by Gasteiger charge is 2.40. The van der Waals surface area contributed by atoms with Crippen LogP contribution in [0.15, 0.2) is 48.5 Å². The van der Waals surface area contributed by atoms with E-state index in [9.17, 15) is 18.7 Å². The highest BCUT2D eigenvalue weighted by atomic mass is 19.1. The molecule has 2 aliphatic rings. The molecule has 0 radical (unpaired) electrons. The van der Waals surface area contributed by atoms with Crippen LogP contribution < -0.4 is 5.32 Å². The molecule has 2 N–H and O–H groups in total. The third-order valence-electron chi connectivity index (χ3n) is 6.94. The number of ether oxygens (including phenoxy) is 1. The van der Waals surface area contributed by atoms with Gasteiger partial charge < -0.3 is 15.2 Å². The van der Waals surface area contributed by atoms with E-state index in [2.05, 4.69) is 10.2 Å². The molecule has 1 aliphatic carbocycles. The van der Waals surface area contributed by atoms with E-state index in [4.69, 9.17) is 4.74 Å². The summed E-state index contributed by atoms with van der Waals surface area (Å²) < 4.78 is 33.1. The maximum Gasteiger partial charge on any atom is 0.254 e. The van der Waals surface area contributed by atoms with Crippen molar-refractivity contribution in [1.82, 2.24) is 10.2 Å². The molecule has 172 valence electrons. The molecule has 4 rings (SSSR count). The van der Waals surface area contributed by atoms with Gasteiger partial charge in [-0.05, 0) is 49.4 Å². The summed E-state index contributed by atoms with van der Waals surface area (Å²) in [5.74, 6) is -2.03. The van der Waals surface area contributed by atoms with Gasteiger partial charge in [-0.2, -0.15) is 0 Å². The lowest BCUT2D eigenvalue weighted by molar-refractivity contribution is -0.0236. The zero-order valence-electron chi connectivity index (χ0n) is 18.1. The molecule has 3 atom stereocenters. The Labute approximate surface area is 187 Å². The minimum Gasteiger partial charge on any atom is -0.391 e. The third kappa shape index (κ3) is 5.00. The lowest BCUT2D eigenvalue weighted by atomic mass is 9.74. The summed E-state index contributed by atoms with van der Waals surface area (Å²) >= 11 is 0. The lowest BCUT2D eigenvalue weighted by Gasteiger charge is -2.37. The highest BCUT2D eigenvalue weighted by Crippen LogP contribution is 2.39. The first-order valence-electron chi connectivity index (χ1n) is 11.3. The summed E-state index contributed by atoms with van der Waals surface area (Å²) in [6, 6.07) is 12.9. The van der Waals surface area contributed by atoms with Crippen LogP contribution in [-0.4, -0.2) is 60.9 Å². The van der Waals surface area contributed by atoms with Crippen molar-refractivity contribution in [2.24, 2.45) is 0 Å². The Morgan fingerprint density at radius 1 is 1.09 bits per heavy atom. The van der Waals surface area contributed by atoms with Crippen LogP contribution in [0.5, 0.6) is 0 Å². The first kappa shape index (κ1) is 22.8. The zero-order chi connectivity index (χ0) is 22.6. The van der Waals surface area contributed by atoms with Crippen molar-refractivity contribution in [2.75, 3.05) is 32.8 Å². The van der Waals surface area contributed by atoms with E-state index in [1.54, 1.807) is 0 Å². The van der Waals surface area contributed by atoms with Crippen LogP contribution in [0.3, 0.4) is 0 Å². The van der Waals surface area contributed by atoms with Crippen LogP contribution in [0.2, 0.25) is 0 Å². The fraction of sp³-hybridized carbons (Fsp3) is 0.480. The first-order valence-corrected chi connectivity index (χ1v) is 11.3. The fourth-order valence-electron chi connectivity index (χ4n) is 5.07. The molecular formula is C25H30F2N2O3. The van der Waals surface area contributed by atoms with Gasteiger partial charge >= 0.3 is 0 Å². The van der Waals surface area contributed by atoms with E-state index in [1.807, 2.05) is 30.3 Å². The van der Waals surface area contributed by atoms with Crippen molar-refractivity contribution in [1.29, 1.82) is 0 Å². The molecule has 2 fully saturated rings. The van der Waals surface area contributed by atoms with E-state index in [0.717, 1.165) is 49.7 Å². The Morgan fingerprint density at radius 3 is 2.56 bits per heavy atom. The molecule has 1 heterocycles. The SMILES string of the molecule is O=C(NC[C@]1(c2ccccc2)CC[C@@H](O)[C@H](N2CCOCC2)CC1)c1cc(F)ccc1F. The van der Waals surface area contributed by atoms with Crippen LogP contribution >= 0.6 is 0 Å². The van der Waals surface area contributed by atoms with Crippen LogP contribution in [-0.2, 0) is 10.2 Å². The van der Waals surface area contributed by atoms with Crippen molar-refractivity contribution in [3.05, 3.63) is 71.3 Å². The van der Waals surface area contributed by atoms with Crippen molar-refractivity contribution < 1.29 is 23.4 Å².